The molecule has 286 valence electrons. The molecule has 0 spiro atoms. The van der Waals surface area contributed by atoms with Crippen LogP contribution in [0.2, 0.25) is 0 Å². The topological polar surface area (TPSA) is 29.5 Å². The van der Waals surface area contributed by atoms with Crippen LogP contribution in [-0.2, 0) is 0 Å². The maximum absolute atomic E-state index is 6.93. The second-order valence-corrected chi connectivity index (χ2v) is 15.6. The summed E-state index contributed by atoms with van der Waals surface area (Å²) in [6.45, 7) is 0. The first-order valence-corrected chi connectivity index (χ1v) is 20.7. The third-order valence-electron chi connectivity index (χ3n) is 12.1. The average molecular weight is 780 g/mol. The van der Waals surface area contributed by atoms with E-state index in [0.717, 1.165) is 88.4 Å². The molecule has 12 rings (SSSR count). The van der Waals surface area contributed by atoms with Crippen LogP contribution in [-0.4, -0.2) is 0 Å². The molecule has 0 aliphatic rings. The van der Waals surface area contributed by atoms with Gasteiger partial charge in [-0.05, 0) is 92.9 Å². The molecule has 0 fully saturated rings. The Kier molecular flexibility index (Phi) is 8.17. The van der Waals surface area contributed by atoms with Gasteiger partial charge in [-0.15, -0.1) is 0 Å². The Balaban J connectivity index is 1.09. The molecule has 61 heavy (non-hydrogen) atoms. The van der Waals surface area contributed by atoms with Crippen LogP contribution in [0.15, 0.2) is 233 Å². The smallest absolute Gasteiger partial charge is 0.143 e. The molecule has 2 heterocycles. The number of hydrogen-bond donors (Lipinski definition) is 0. The lowest BCUT2D eigenvalue weighted by Gasteiger charge is -2.27. The molecule has 0 aliphatic carbocycles. The quantitative estimate of drug-likeness (QED) is 0.161. The number of hydrogen-bond acceptors (Lipinski definition) is 3. The molecule has 0 saturated heterocycles. The maximum Gasteiger partial charge on any atom is 0.143 e. The van der Waals surface area contributed by atoms with Crippen LogP contribution in [0.4, 0.5) is 17.1 Å². The standard InChI is InChI=1S/C58H37NO2/c1-3-16-38(17-4-1)41-20-13-21-43(36-41)59(42-34-32-40(33-35-42)45-27-14-28-50-48-25-11-12-30-54(48)60-57(45)50)53-29-15-31-55-56(53)52-37-51(47-24-9-10-26-49(47)58(52)61-55)46-23-8-7-22-44(46)39-18-5-2-6-19-39/h1-37H. The molecule has 3 heteroatoms. The fourth-order valence-electron chi connectivity index (χ4n) is 9.27. The van der Waals surface area contributed by atoms with E-state index in [1.807, 2.05) is 12.1 Å². The molecule has 0 saturated carbocycles. The molecule has 3 nitrogen and oxygen atoms in total. The Morgan fingerprint density at radius 1 is 0.279 bits per heavy atom. The molecule has 0 bridgehead atoms. The van der Waals surface area contributed by atoms with Crippen LogP contribution in [0.1, 0.15) is 0 Å². The Bertz CT molecular complexity index is 3580. The summed E-state index contributed by atoms with van der Waals surface area (Å²) in [5.41, 5.74) is 15.8. The van der Waals surface area contributed by atoms with Crippen molar-refractivity contribution in [1.29, 1.82) is 0 Å². The van der Waals surface area contributed by atoms with Crippen LogP contribution in [0.3, 0.4) is 0 Å². The van der Waals surface area contributed by atoms with Gasteiger partial charge in [0.15, 0.2) is 0 Å². The molecule has 10 aromatic carbocycles. The summed E-state index contributed by atoms with van der Waals surface area (Å²) in [5, 5.41) is 6.61. The summed E-state index contributed by atoms with van der Waals surface area (Å²) < 4.78 is 13.4. The highest BCUT2D eigenvalue weighted by atomic mass is 16.3. The van der Waals surface area contributed by atoms with Gasteiger partial charge in [-0.3, -0.25) is 0 Å². The van der Waals surface area contributed by atoms with E-state index in [1.165, 1.54) is 27.8 Å². The van der Waals surface area contributed by atoms with Gasteiger partial charge in [-0.1, -0.05) is 176 Å². The van der Waals surface area contributed by atoms with Gasteiger partial charge in [0.05, 0.1) is 11.1 Å². The van der Waals surface area contributed by atoms with E-state index in [4.69, 9.17) is 8.83 Å². The highest BCUT2D eigenvalue weighted by Gasteiger charge is 2.23. The molecule has 0 aliphatic heterocycles. The van der Waals surface area contributed by atoms with Gasteiger partial charge in [0.25, 0.3) is 0 Å². The van der Waals surface area contributed by atoms with Crippen molar-refractivity contribution in [3.8, 4) is 44.5 Å². The lowest BCUT2D eigenvalue weighted by Crippen LogP contribution is -2.10. The number of furan rings is 2. The zero-order valence-corrected chi connectivity index (χ0v) is 33.1. The molecule has 0 atom stereocenters. The van der Waals surface area contributed by atoms with Crippen molar-refractivity contribution >= 4 is 71.7 Å². The fraction of sp³-hybridized carbons (Fsp3) is 0. The monoisotopic (exact) mass is 779 g/mol. The maximum atomic E-state index is 6.93. The van der Waals surface area contributed by atoms with E-state index < -0.39 is 0 Å². The van der Waals surface area contributed by atoms with E-state index in [9.17, 15) is 0 Å². The van der Waals surface area contributed by atoms with Crippen molar-refractivity contribution in [3.05, 3.63) is 224 Å². The van der Waals surface area contributed by atoms with Crippen molar-refractivity contribution in [1.82, 2.24) is 0 Å². The first-order valence-electron chi connectivity index (χ1n) is 20.7. The summed E-state index contributed by atoms with van der Waals surface area (Å²) in [6.07, 6.45) is 0. The van der Waals surface area contributed by atoms with E-state index in [0.29, 0.717) is 0 Å². The minimum atomic E-state index is 0.837. The minimum Gasteiger partial charge on any atom is -0.455 e. The second-order valence-electron chi connectivity index (χ2n) is 15.6. The van der Waals surface area contributed by atoms with Gasteiger partial charge in [-0.25, -0.2) is 0 Å². The number of nitrogens with zero attached hydrogens (tertiary/aromatic N) is 1. The highest BCUT2D eigenvalue weighted by Crippen LogP contribution is 2.48. The summed E-state index contributed by atoms with van der Waals surface area (Å²) in [5.74, 6) is 0. The summed E-state index contributed by atoms with van der Waals surface area (Å²) in [7, 11) is 0. The molecule has 12 aromatic rings. The van der Waals surface area contributed by atoms with Gasteiger partial charge in [0, 0.05) is 38.5 Å². The highest BCUT2D eigenvalue weighted by molar-refractivity contribution is 6.23. The molecule has 0 amide bonds. The summed E-state index contributed by atoms with van der Waals surface area (Å²) >= 11 is 0. The number of fused-ring (bicyclic) bond motifs is 8. The predicted molar refractivity (Wildman–Crippen MR) is 255 cm³/mol. The Hall–Kier alpha value is -8.14. The van der Waals surface area contributed by atoms with Gasteiger partial charge >= 0.3 is 0 Å². The van der Waals surface area contributed by atoms with Crippen LogP contribution in [0.25, 0.3) is 99.2 Å². The number of benzene rings is 10. The Labute approximate surface area is 353 Å². The van der Waals surface area contributed by atoms with Crippen LogP contribution >= 0.6 is 0 Å². The van der Waals surface area contributed by atoms with Gasteiger partial charge in [0.1, 0.15) is 22.3 Å². The van der Waals surface area contributed by atoms with Crippen LogP contribution < -0.4 is 4.90 Å². The van der Waals surface area contributed by atoms with Crippen molar-refractivity contribution in [2.75, 3.05) is 4.90 Å². The SMILES string of the molecule is c1ccc(-c2cccc(N(c3ccc(-c4cccc5c4oc4ccccc45)cc3)c3cccc4oc5c6ccccc6c(-c6ccccc6-c6ccccc6)cc5c34)c2)cc1. The number of para-hydroxylation sites is 2. The largest absolute Gasteiger partial charge is 0.455 e. The molecule has 0 N–H and O–H groups in total. The van der Waals surface area contributed by atoms with E-state index in [2.05, 4.69) is 217 Å². The van der Waals surface area contributed by atoms with E-state index in [1.54, 1.807) is 0 Å². The van der Waals surface area contributed by atoms with Crippen molar-refractivity contribution in [2.45, 2.75) is 0 Å². The van der Waals surface area contributed by atoms with Crippen LogP contribution in [0, 0.1) is 0 Å². The molecule has 0 radical (unpaired) electrons. The minimum absolute atomic E-state index is 0.837. The molecule has 0 unspecified atom stereocenters. The fourth-order valence-corrected chi connectivity index (χ4v) is 9.27. The number of rotatable bonds is 7. The van der Waals surface area contributed by atoms with Gasteiger partial charge in [0.2, 0.25) is 0 Å². The van der Waals surface area contributed by atoms with E-state index >= 15 is 0 Å². The predicted octanol–water partition coefficient (Wildman–Crippen LogP) is 16.8. The Morgan fingerprint density at radius 3 is 1.66 bits per heavy atom. The number of anilines is 3. The van der Waals surface area contributed by atoms with E-state index in [-0.39, 0.29) is 0 Å². The van der Waals surface area contributed by atoms with Crippen molar-refractivity contribution in [3.63, 3.8) is 0 Å². The molecular weight excluding hydrogens is 743 g/mol. The van der Waals surface area contributed by atoms with Crippen LogP contribution in [0.5, 0.6) is 0 Å². The summed E-state index contributed by atoms with van der Waals surface area (Å²) in [6, 6.07) is 79.8. The second kappa shape index (κ2) is 14.3. The molecule has 2 aromatic heterocycles. The third-order valence-corrected chi connectivity index (χ3v) is 12.1. The molecular formula is C58H37NO2. The van der Waals surface area contributed by atoms with Crippen molar-refractivity contribution < 1.29 is 8.83 Å². The zero-order valence-electron chi connectivity index (χ0n) is 33.1. The first kappa shape index (κ1) is 34.9. The normalized spacial score (nSPS) is 11.6. The summed E-state index contributed by atoms with van der Waals surface area (Å²) in [4.78, 5) is 2.38. The van der Waals surface area contributed by atoms with Gasteiger partial charge in [-0.2, -0.15) is 0 Å². The average Bonchev–Trinajstić information content (AvgIpc) is 3.92. The van der Waals surface area contributed by atoms with Crippen molar-refractivity contribution in [2.24, 2.45) is 0 Å². The lowest BCUT2D eigenvalue weighted by atomic mass is 9.90. The first-order chi connectivity index (χ1) is 30.3. The Morgan fingerprint density at radius 2 is 0.836 bits per heavy atom. The van der Waals surface area contributed by atoms with Gasteiger partial charge < -0.3 is 13.7 Å². The third kappa shape index (κ3) is 5.82. The lowest BCUT2D eigenvalue weighted by molar-refractivity contribution is 0.670. The zero-order chi connectivity index (χ0) is 40.3.